The zero-order valence-electron chi connectivity index (χ0n) is 15.8. The Morgan fingerprint density at radius 3 is 2.76 bits per heavy atom. The summed E-state index contributed by atoms with van der Waals surface area (Å²) in [6, 6.07) is 11.1. The van der Waals surface area contributed by atoms with Crippen molar-refractivity contribution in [2.24, 2.45) is 0 Å². The van der Waals surface area contributed by atoms with Crippen molar-refractivity contribution in [1.29, 1.82) is 0 Å². The molecule has 0 aliphatic carbocycles. The number of anilines is 1. The highest BCUT2D eigenvalue weighted by atomic mass is 32.1. The number of carbonyl (C=O) groups excluding carboxylic acids is 1. The molecule has 0 aliphatic heterocycles. The maximum absolute atomic E-state index is 12.3. The summed E-state index contributed by atoms with van der Waals surface area (Å²) < 4.78 is 15.6. The molecule has 1 N–H and O–H groups in total. The normalized spacial score (nSPS) is 10.8. The average Bonchev–Trinajstić information content (AvgIpc) is 3.47. The number of nitrogens with zero attached hydrogens (tertiary/aromatic N) is 3. The minimum atomic E-state index is -0.169. The summed E-state index contributed by atoms with van der Waals surface area (Å²) in [5, 5.41) is 7.24. The molecule has 0 saturated heterocycles. The van der Waals surface area contributed by atoms with E-state index in [0.29, 0.717) is 29.0 Å². The Bertz CT molecular complexity index is 1100. The number of aryl methyl sites for hydroxylation is 2. The molecular weight excluding hydrogens is 392 g/mol. The fraction of sp³-hybridized carbons (Fsp3) is 0.200. The number of aromatic nitrogens is 3. The smallest absolute Gasteiger partial charge is 0.238 e. The van der Waals surface area contributed by atoms with Crippen LogP contribution in [0.1, 0.15) is 17.2 Å². The molecule has 3 aromatic heterocycles. The van der Waals surface area contributed by atoms with Crippen LogP contribution in [0.25, 0.3) is 22.8 Å². The first kappa shape index (κ1) is 18.9. The Hall–Kier alpha value is -3.46. The third-order valence-corrected chi connectivity index (χ3v) is 5.07. The highest BCUT2D eigenvalue weighted by Crippen LogP contribution is 2.31. The molecule has 0 aliphatic rings. The second-order valence-electron chi connectivity index (χ2n) is 6.19. The molecule has 4 aromatic rings. The van der Waals surface area contributed by atoms with Crippen molar-refractivity contribution in [2.75, 3.05) is 12.4 Å². The lowest BCUT2D eigenvalue weighted by molar-refractivity contribution is -0.116. The van der Waals surface area contributed by atoms with Gasteiger partial charge in [0.1, 0.15) is 5.75 Å². The molecule has 1 aromatic carbocycles. The molecule has 0 radical (unpaired) electrons. The van der Waals surface area contributed by atoms with Gasteiger partial charge in [-0.2, -0.15) is 4.98 Å². The summed E-state index contributed by atoms with van der Waals surface area (Å²) in [7, 11) is 1.63. The molecule has 9 heteroatoms. The number of benzene rings is 1. The van der Waals surface area contributed by atoms with Crippen molar-refractivity contribution in [3.63, 3.8) is 0 Å². The van der Waals surface area contributed by atoms with Crippen LogP contribution in [0.15, 0.2) is 51.6 Å². The number of nitrogens with one attached hydrogen (secondary N) is 1. The predicted octanol–water partition coefficient (Wildman–Crippen LogP) is 4.34. The van der Waals surface area contributed by atoms with E-state index in [1.54, 1.807) is 19.2 Å². The predicted molar refractivity (Wildman–Crippen MR) is 108 cm³/mol. The fourth-order valence-electron chi connectivity index (χ4n) is 2.73. The van der Waals surface area contributed by atoms with E-state index >= 15 is 0 Å². The number of amides is 1. The number of furan rings is 1. The van der Waals surface area contributed by atoms with E-state index in [4.69, 9.17) is 13.7 Å². The lowest BCUT2D eigenvalue weighted by atomic mass is 10.1. The second kappa shape index (κ2) is 8.27. The van der Waals surface area contributed by atoms with Crippen molar-refractivity contribution >= 4 is 22.4 Å². The Morgan fingerprint density at radius 2 is 2.03 bits per heavy atom. The van der Waals surface area contributed by atoms with Crippen LogP contribution in [0, 0.1) is 6.92 Å². The lowest BCUT2D eigenvalue weighted by Gasteiger charge is -2.02. The largest absolute Gasteiger partial charge is 0.497 e. The number of hydrogen-bond acceptors (Lipinski definition) is 8. The van der Waals surface area contributed by atoms with Gasteiger partial charge >= 0.3 is 0 Å². The zero-order chi connectivity index (χ0) is 20.2. The SMILES string of the molecule is COc1ccc(-c2nc(NC(=O)CCc3nc(-c4ccco4)no3)sc2C)cc1. The Morgan fingerprint density at radius 1 is 1.21 bits per heavy atom. The minimum Gasteiger partial charge on any atom is -0.497 e. The fourth-order valence-corrected chi connectivity index (χ4v) is 3.58. The van der Waals surface area contributed by atoms with Gasteiger partial charge in [-0.05, 0) is 43.3 Å². The van der Waals surface area contributed by atoms with Crippen molar-refractivity contribution in [1.82, 2.24) is 15.1 Å². The molecule has 3 heterocycles. The summed E-state index contributed by atoms with van der Waals surface area (Å²) in [4.78, 5) is 22.1. The first-order valence-electron chi connectivity index (χ1n) is 8.90. The molecule has 29 heavy (non-hydrogen) atoms. The van der Waals surface area contributed by atoms with Crippen molar-refractivity contribution < 1.29 is 18.5 Å². The van der Waals surface area contributed by atoms with Gasteiger partial charge in [0.25, 0.3) is 0 Å². The quantitative estimate of drug-likeness (QED) is 0.483. The zero-order valence-corrected chi connectivity index (χ0v) is 16.7. The monoisotopic (exact) mass is 410 g/mol. The summed E-state index contributed by atoms with van der Waals surface area (Å²) >= 11 is 1.43. The minimum absolute atomic E-state index is 0.169. The maximum atomic E-state index is 12.3. The number of hydrogen-bond donors (Lipinski definition) is 1. The van der Waals surface area contributed by atoms with Crippen LogP contribution in [0.4, 0.5) is 5.13 Å². The molecule has 148 valence electrons. The van der Waals surface area contributed by atoms with Crippen LogP contribution in [-0.2, 0) is 11.2 Å². The lowest BCUT2D eigenvalue weighted by Crippen LogP contribution is -2.12. The van der Waals surface area contributed by atoms with Crippen molar-refractivity contribution in [3.8, 4) is 28.6 Å². The van der Waals surface area contributed by atoms with Gasteiger partial charge in [0.15, 0.2) is 10.9 Å². The first-order valence-corrected chi connectivity index (χ1v) is 9.72. The number of methoxy groups -OCH3 is 1. The van der Waals surface area contributed by atoms with Crippen LogP contribution < -0.4 is 10.1 Å². The van der Waals surface area contributed by atoms with E-state index in [1.165, 1.54) is 17.6 Å². The van der Waals surface area contributed by atoms with Crippen LogP contribution in [0.5, 0.6) is 5.75 Å². The molecular formula is C20H18N4O4S. The van der Waals surface area contributed by atoms with Crippen LogP contribution in [-0.4, -0.2) is 28.1 Å². The summed E-state index contributed by atoms with van der Waals surface area (Å²) in [6.45, 7) is 1.97. The summed E-state index contributed by atoms with van der Waals surface area (Å²) in [5.74, 6) is 1.88. The van der Waals surface area contributed by atoms with E-state index in [9.17, 15) is 4.79 Å². The van der Waals surface area contributed by atoms with Gasteiger partial charge < -0.3 is 19.0 Å². The van der Waals surface area contributed by atoms with Gasteiger partial charge in [-0.3, -0.25) is 4.79 Å². The maximum Gasteiger partial charge on any atom is 0.238 e. The average molecular weight is 410 g/mol. The van der Waals surface area contributed by atoms with Crippen LogP contribution >= 0.6 is 11.3 Å². The summed E-state index contributed by atoms with van der Waals surface area (Å²) in [6.07, 6.45) is 2.07. The number of carbonyl (C=O) groups is 1. The third kappa shape index (κ3) is 4.35. The van der Waals surface area contributed by atoms with E-state index in [1.807, 2.05) is 31.2 Å². The standard InChI is InChI=1S/C20H18N4O4S/c1-12-18(13-5-7-14(26-2)8-6-13)23-20(29-12)21-16(25)9-10-17-22-19(24-28-17)15-4-3-11-27-15/h3-8,11H,9-10H2,1-2H3,(H,21,23,25). The highest BCUT2D eigenvalue weighted by molar-refractivity contribution is 7.16. The molecule has 0 atom stereocenters. The van der Waals surface area contributed by atoms with Gasteiger partial charge in [0.2, 0.25) is 17.6 Å². The van der Waals surface area contributed by atoms with Crippen LogP contribution in [0.3, 0.4) is 0 Å². The molecule has 0 spiro atoms. The summed E-state index contributed by atoms with van der Waals surface area (Å²) in [5.41, 5.74) is 1.81. The highest BCUT2D eigenvalue weighted by Gasteiger charge is 2.15. The molecule has 0 unspecified atom stereocenters. The van der Waals surface area contributed by atoms with Gasteiger partial charge in [-0.1, -0.05) is 5.16 Å². The van der Waals surface area contributed by atoms with Crippen molar-refractivity contribution in [2.45, 2.75) is 19.8 Å². The molecule has 1 amide bonds. The van der Waals surface area contributed by atoms with Gasteiger partial charge in [-0.15, -0.1) is 11.3 Å². The third-order valence-electron chi connectivity index (χ3n) is 4.18. The van der Waals surface area contributed by atoms with E-state index in [0.717, 1.165) is 21.9 Å². The van der Waals surface area contributed by atoms with Gasteiger partial charge in [0.05, 0.1) is 19.1 Å². The van der Waals surface area contributed by atoms with E-state index in [2.05, 4.69) is 20.4 Å². The molecule has 8 nitrogen and oxygen atoms in total. The second-order valence-corrected chi connectivity index (χ2v) is 7.39. The molecule has 4 rings (SSSR count). The van der Waals surface area contributed by atoms with Crippen LogP contribution in [0.2, 0.25) is 0 Å². The Kier molecular flexibility index (Phi) is 5.39. The molecule has 0 bridgehead atoms. The van der Waals surface area contributed by atoms with Gasteiger partial charge in [0, 0.05) is 23.3 Å². The first-order chi connectivity index (χ1) is 14.1. The topological polar surface area (TPSA) is 103 Å². The number of rotatable bonds is 7. The number of ether oxygens (including phenoxy) is 1. The van der Waals surface area contributed by atoms with E-state index < -0.39 is 0 Å². The Balaban J connectivity index is 1.36. The van der Waals surface area contributed by atoms with Crippen molar-refractivity contribution in [3.05, 3.63) is 53.4 Å². The molecule has 0 saturated carbocycles. The Labute approximate surface area is 170 Å². The molecule has 0 fully saturated rings. The van der Waals surface area contributed by atoms with E-state index in [-0.39, 0.29) is 12.3 Å². The number of thiazole rings is 1. The van der Waals surface area contributed by atoms with Gasteiger partial charge in [-0.25, -0.2) is 4.98 Å².